The van der Waals surface area contributed by atoms with Crippen LogP contribution in [0.15, 0.2) is 6.07 Å². The molecule has 5 nitrogen and oxygen atoms in total. The van der Waals surface area contributed by atoms with Crippen LogP contribution in [-0.2, 0) is 11.8 Å². The molecule has 0 radical (unpaired) electrons. The van der Waals surface area contributed by atoms with Crippen LogP contribution >= 0.6 is 0 Å². The minimum atomic E-state index is -0.404. The highest BCUT2D eigenvalue weighted by molar-refractivity contribution is 6.08. The molecule has 1 aliphatic carbocycles. The molecule has 0 aromatic carbocycles. The molecule has 2 heterocycles. The molecule has 15 heavy (non-hydrogen) atoms. The van der Waals surface area contributed by atoms with Crippen molar-refractivity contribution in [1.29, 1.82) is 0 Å². The van der Waals surface area contributed by atoms with Crippen molar-refractivity contribution in [3.05, 3.63) is 11.8 Å². The third-order valence-electron chi connectivity index (χ3n) is 3.18. The first-order chi connectivity index (χ1) is 7.16. The van der Waals surface area contributed by atoms with Crippen LogP contribution in [0.2, 0.25) is 0 Å². The Hall–Kier alpha value is -1.78. The number of nitrogens with zero attached hydrogens (tertiary/aromatic N) is 1. The molecule has 0 unspecified atom stereocenters. The van der Waals surface area contributed by atoms with Gasteiger partial charge in [-0.3, -0.25) is 9.59 Å². The quantitative estimate of drug-likeness (QED) is 0.664. The number of fused-ring (bicyclic) bond motifs is 1. The van der Waals surface area contributed by atoms with Crippen molar-refractivity contribution in [1.82, 2.24) is 4.57 Å². The SMILES string of the molecule is Cn1c(C=O)cc2c1NC1(CC1)C(=O)N2. The highest BCUT2D eigenvalue weighted by Crippen LogP contribution is 2.45. The second-order valence-corrected chi connectivity index (χ2v) is 4.17. The fourth-order valence-electron chi connectivity index (χ4n) is 1.98. The van der Waals surface area contributed by atoms with E-state index < -0.39 is 5.54 Å². The van der Waals surface area contributed by atoms with Gasteiger partial charge in [-0.15, -0.1) is 0 Å². The van der Waals surface area contributed by atoms with Crippen molar-refractivity contribution >= 4 is 23.7 Å². The number of rotatable bonds is 1. The summed E-state index contributed by atoms with van der Waals surface area (Å²) in [6, 6.07) is 1.68. The lowest BCUT2D eigenvalue weighted by molar-refractivity contribution is -0.117. The first-order valence-electron chi connectivity index (χ1n) is 4.91. The standard InChI is InChI=1S/C10H11N3O2/c1-13-6(5-14)4-7-8(13)12-10(2-3-10)9(15)11-7/h4-5,12H,2-3H2,1H3,(H,11,15). The van der Waals surface area contributed by atoms with Crippen LogP contribution in [0.1, 0.15) is 23.3 Å². The zero-order chi connectivity index (χ0) is 10.6. The molecule has 5 heteroatoms. The fourth-order valence-corrected chi connectivity index (χ4v) is 1.98. The van der Waals surface area contributed by atoms with Gasteiger partial charge in [0.1, 0.15) is 11.4 Å². The molecule has 1 aromatic rings. The Bertz CT molecular complexity index is 471. The maximum absolute atomic E-state index is 11.7. The lowest BCUT2D eigenvalue weighted by Crippen LogP contribution is -2.41. The first kappa shape index (κ1) is 8.52. The number of carbonyl (C=O) groups is 2. The Morgan fingerprint density at radius 3 is 2.87 bits per heavy atom. The highest BCUT2D eigenvalue weighted by atomic mass is 16.2. The average molecular weight is 205 g/mol. The van der Waals surface area contributed by atoms with Crippen molar-refractivity contribution in [2.24, 2.45) is 7.05 Å². The Morgan fingerprint density at radius 2 is 2.27 bits per heavy atom. The van der Waals surface area contributed by atoms with Gasteiger partial charge in [-0.25, -0.2) is 0 Å². The van der Waals surface area contributed by atoms with E-state index >= 15 is 0 Å². The van der Waals surface area contributed by atoms with Crippen LogP contribution in [0.3, 0.4) is 0 Å². The molecule has 1 spiro atoms. The zero-order valence-electron chi connectivity index (χ0n) is 8.33. The van der Waals surface area contributed by atoms with E-state index in [1.807, 2.05) is 7.05 Å². The largest absolute Gasteiger partial charge is 0.356 e. The monoisotopic (exact) mass is 205 g/mol. The normalized spacial score (nSPS) is 20.5. The molecule has 1 aliphatic heterocycles. The summed E-state index contributed by atoms with van der Waals surface area (Å²) in [7, 11) is 1.81. The number of hydrogen-bond acceptors (Lipinski definition) is 3. The van der Waals surface area contributed by atoms with Crippen LogP contribution in [0.4, 0.5) is 11.5 Å². The number of amides is 1. The van der Waals surface area contributed by atoms with E-state index in [-0.39, 0.29) is 5.91 Å². The van der Waals surface area contributed by atoms with Crippen LogP contribution < -0.4 is 10.6 Å². The molecule has 1 amide bonds. The van der Waals surface area contributed by atoms with E-state index in [9.17, 15) is 9.59 Å². The maximum atomic E-state index is 11.7. The van der Waals surface area contributed by atoms with Crippen LogP contribution in [0.5, 0.6) is 0 Å². The van der Waals surface area contributed by atoms with E-state index in [4.69, 9.17) is 0 Å². The number of aromatic nitrogens is 1. The second kappa shape index (κ2) is 2.42. The Balaban J connectivity index is 2.11. The molecule has 2 N–H and O–H groups in total. The van der Waals surface area contributed by atoms with Crippen molar-refractivity contribution in [3.63, 3.8) is 0 Å². The molecule has 1 aromatic heterocycles. The third kappa shape index (κ3) is 0.973. The topological polar surface area (TPSA) is 63.1 Å². The second-order valence-electron chi connectivity index (χ2n) is 4.17. The molecule has 1 fully saturated rings. The van der Waals surface area contributed by atoms with Gasteiger partial charge in [0.2, 0.25) is 5.91 Å². The van der Waals surface area contributed by atoms with Gasteiger partial charge in [-0.05, 0) is 18.9 Å². The summed E-state index contributed by atoms with van der Waals surface area (Å²) in [5.41, 5.74) is 0.854. The van der Waals surface area contributed by atoms with Crippen molar-refractivity contribution < 1.29 is 9.59 Å². The lowest BCUT2D eigenvalue weighted by Gasteiger charge is -2.25. The van der Waals surface area contributed by atoms with E-state index in [1.54, 1.807) is 10.6 Å². The summed E-state index contributed by atoms with van der Waals surface area (Å²) in [5.74, 6) is 0.840. The van der Waals surface area contributed by atoms with E-state index in [1.165, 1.54) is 0 Å². The molecule has 0 atom stereocenters. The van der Waals surface area contributed by atoms with Gasteiger partial charge in [0.15, 0.2) is 6.29 Å². The third-order valence-corrected chi connectivity index (χ3v) is 3.18. The molecular formula is C10H11N3O2. The molecule has 2 aliphatic rings. The predicted octanol–water partition coefficient (Wildman–Crippen LogP) is 0.734. The highest BCUT2D eigenvalue weighted by Gasteiger charge is 2.53. The molecular weight excluding hydrogens is 194 g/mol. The zero-order valence-corrected chi connectivity index (χ0v) is 8.33. The molecule has 3 rings (SSSR count). The van der Waals surface area contributed by atoms with Crippen molar-refractivity contribution in [3.8, 4) is 0 Å². The summed E-state index contributed by atoms with van der Waals surface area (Å²) < 4.78 is 1.77. The number of hydrogen-bond donors (Lipinski definition) is 2. The number of aldehydes is 1. The average Bonchev–Trinajstić information content (AvgIpc) is 2.93. The molecule has 1 saturated carbocycles. The van der Waals surface area contributed by atoms with Gasteiger partial charge in [0.05, 0.1) is 11.4 Å². The minimum Gasteiger partial charge on any atom is -0.356 e. The van der Waals surface area contributed by atoms with E-state index in [0.717, 1.165) is 24.9 Å². The van der Waals surface area contributed by atoms with Crippen molar-refractivity contribution in [2.75, 3.05) is 10.6 Å². The first-order valence-corrected chi connectivity index (χ1v) is 4.91. The Labute approximate surface area is 86.5 Å². The van der Waals surface area contributed by atoms with E-state index in [2.05, 4.69) is 10.6 Å². The van der Waals surface area contributed by atoms with Crippen LogP contribution in [0, 0.1) is 0 Å². The Morgan fingerprint density at radius 1 is 1.53 bits per heavy atom. The number of carbonyl (C=O) groups excluding carboxylic acids is 2. The molecule has 0 saturated heterocycles. The fraction of sp³-hybridized carbons (Fsp3) is 0.400. The number of nitrogens with one attached hydrogen (secondary N) is 2. The number of anilines is 2. The van der Waals surface area contributed by atoms with Gasteiger partial charge >= 0.3 is 0 Å². The summed E-state index contributed by atoms with van der Waals surface area (Å²) in [6.45, 7) is 0. The van der Waals surface area contributed by atoms with Gasteiger partial charge in [-0.2, -0.15) is 0 Å². The summed E-state index contributed by atoms with van der Waals surface area (Å²) in [4.78, 5) is 22.4. The summed E-state index contributed by atoms with van der Waals surface area (Å²) in [6.07, 6.45) is 2.51. The smallest absolute Gasteiger partial charge is 0.250 e. The van der Waals surface area contributed by atoms with Gasteiger partial charge in [0.25, 0.3) is 0 Å². The van der Waals surface area contributed by atoms with E-state index in [0.29, 0.717) is 11.4 Å². The maximum Gasteiger partial charge on any atom is 0.250 e. The van der Waals surface area contributed by atoms with Crippen LogP contribution in [-0.4, -0.2) is 22.3 Å². The van der Waals surface area contributed by atoms with Crippen molar-refractivity contribution in [2.45, 2.75) is 18.4 Å². The summed E-state index contributed by atoms with van der Waals surface area (Å²) in [5, 5.41) is 6.04. The van der Waals surface area contributed by atoms with Gasteiger partial charge in [0, 0.05) is 7.05 Å². The molecule has 78 valence electrons. The van der Waals surface area contributed by atoms with Gasteiger partial charge < -0.3 is 15.2 Å². The Kier molecular flexibility index (Phi) is 1.37. The molecule has 0 bridgehead atoms. The minimum absolute atomic E-state index is 0.0121. The summed E-state index contributed by atoms with van der Waals surface area (Å²) >= 11 is 0. The predicted molar refractivity (Wildman–Crippen MR) is 55.0 cm³/mol. The lowest BCUT2D eigenvalue weighted by atomic mass is 10.2. The van der Waals surface area contributed by atoms with Crippen LogP contribution in [0.25, 0.3) is 0 Å². The van der Waals surface area contributed by atoms with Gasteiger partial charge in [-0.1, -0.05) is 0 Å².